The Balaban J connectivity index is 1.62. The zero-order valence-corrected chi connectivity index (χ0v) is 11.2. The van der Waals surface area contributed by atoms with Gasteiger partial charge in [-0.15, -0.1) is 0 Å². The summed E-state index contributed by atoms with van der Waals surface area (Å²) in [7, 11) is 0. The zero-order valence-electron chi connectivity index (χ0n) is 11.2. The van der Waals surface area contributed by atoms with Crippen molar-refractivity contribution in [3.8, 4) is 5.69 Å². The molecule has 0 radical (unpaired) electrons. The van der Waals surface area contributed by atoms with Gasteiger partial charge in [0.05, 0.1) is 17.3 Å². The van der Waals surface area contributed by atoms with E-state index in [-0.39, 0.29) is 11.3 Å². The molecule has 1 aliphatic rings. The van der Waals surface area contributed by atoms with Gasteiger partial charge in [0.1, 0.15) is 0 Å². The largest absolute Gasteiger partial charge is 0.351 e. The Morgan fingerprint density at radius 1 is 1.35 bits per heavy atom. The lowest BCUT2D eigenvalue weighted by molar-refractivity contribution is -0.126. The molecule has 0 atom stereocenters. The Labute approximate surface area is 117 Å². The lowest BCUT2D eigenvalue weighted by atomic mass is 10.1. The number of benzene rings is 1. The summed E-state index contributed by atoms with van der Waals surface area (Å²) in [5.74, 6) is 0.0625. The Hall–Kier alpha value is -2.14. The van der Waals surface area contributed by atoms with Gasteiger partial charge in [0.15, 0.2) is 0 Å². The van der Waals surface area contributed by atoms with Gasteiger partial charge in [0.25, 0.3) is 0 Å². The van der Waals surface area contributed by atoms with Gasteiger partial charge in [-0.2, -0.15) is 5.10 Å². The maximum absolute atomic E-state index is 12.0. The number of nitrogens with one attached hydrogen (secondary N) is 1. The molecule has 1 heterocycles. The van der Waals surface area contributed by atoms with Gasteiger partial charge in [0.2, 0.25) is 5.91 Å². The van der Waals surface area contributed by atoms with E-state index in [2.05, 4.69) is 10.4 Å². The molecule has 1 amide bonds. The van der Waals surface area contributed by atoms with Crippen LogP contribution in [0.1, 0.15) is 18.4 Å². The molecule has 0 unspecified atom stereocenters. The third kappa shape index (κ3) is 2.44. The number of nitrogens with zero attached hydrogens (tertiary/aromatic N) is 2. The second kappa shape index (κ2) is 5.09. The molecular formula is C15H18N4O. The van der Waals surface area contributed by atoms with Crippen LogP contribution in [-0.4, -0.2) is 22.2 Å². The predicted molar refractivity (Wildman–Crippen MR) is 76.1 cm³/mol. The first-order valence-corrected chi connectivity index (χ1v) is 6.81. The number of hydrogen-bond acceptors (Lipinski definition) is 3. The standard InChI is InChI=1S/C15H18N4O/c16-11-15(6-7-15)14(20)17-8-12-9-18-19(10-12)13-4-2-1-3-5-13/h1-5,9-10H,6-8,11,16H2,(H,17,20). The Kier molecular flexibility index (Phi) is 3.28. The number of hydrogen-bond donors (Lipinski definition) is 2. The van der Waals surface area contributed by atoms with Crippen molar-refractivity contribution in [2.45, 2.75) is 19.4 Å². The van der Waals surface area contributed by atoms with Crippen molar-refractivity contribution in [3.63, 3.8) is 0 Å². The second-order valence-electron chi connectivity index (χ2n) is 5.30. The first-order chi connectivity index (χ1) is 9.73. The van der Waals surface area contributed by atoms with E-state index in [1.165, 1.54) is 0 Å². The van der Waals surface area contributed by atoms with Crippen molar-refractivity contribution in [2.24, 2.45) is 11.1 Å². The van der Waals surface area contributed by atoms with Crippen molar-refractivity contribution in [3.05, 3.63) is 48.3 Å². The molecule has 1 saturated carbocycles. The molecule has 1 aliphatic carbocycles. The average Bonchev–Trinajstić information content (AvgIpc) is 3.17. The van der Waals surface area contributed by atoms with Crippen molar-refractivity contribution < 1.29 is 4.79 Å². The minimum atomic E-state index is -0.296. The topological polar surface area (TPSA) is 72.9 Å². The first-order valence-electron chi connectivity index (χ1n) is 6.81. The quantitative estimate of drug-likeness (QED) is 0.858. The van der Waals surface area contributed by atoms with Crippen LogP contribution in [0.25, 0.3) is 5.69 Å². The molecule has 5 nitrogen and oxygen atoms in total. The van der Waals surface area contributed by atoms with Crippen LogP contribution in [0.4, 0.5) is 0 Å². The third-order valence-electron chi connectivity index (χ3n) is 3.84. The summed E-state index contributed by atoms with van der Waals surface area (Å²) < 4.78 is 1.80. The number of nitrogens with two attached hydrogens (primary N) is 1. The minimum absolute atomic E-state index is 0.0625. The lowest BCUT2D eigenvalue weighted by Crippen LogP contribution is -2.36. The molecule has 0 aliphatic heterocycles. The van der Waals surface area contributed by atoms with Crippen LogP contribution >= 0.6 is 0 Å². The highest BCUT2D eigenvalue weighted by Crippen LogP contribution is 2.44. The summed E-state index contributed by atoms with van der Waals surface area (Å²) in [6, 6.07) is 9.88. The fraction of sp³-hybridized carbons (Fsp3) is 0.333. The second-order valence-corrected chi connectivity index (χ2v) is 5.30. The zero-order chi connectivity index (χ0) is 14.0. The van der Waals surface area contributed by atoms with E-state index in [9.17, 15) is 4.79 Å². The maximum atomic E-state index is 12.0. The maximum Gasteiger partial charge on any atom is 0.227 e. The van der Waals surface area contributed by atoms with Crippen LogP contribution < -0.4 is 11.1 Å². The first kappa shape index (κ1) is 12.9. The minimum Gasteiger partial charge on any atom is -0.351 e. The normalized spacial score (nSPS) is 15.8. The van der Waals surface area contributed by atoms with Crippen LogP contribution in [0, 0.1) is 5.41 Å². The number of rotatable bonds is 5. The number of carbonyl (C=O) groups is 1. The summed E-state index contributed by atoms with van der Waals surface area (Å²) in [5.41, 5.74) is 7.33. The number of carbonyl (C=O) groups excluding carboxylic acids is 1. The smallest absolute Gasteiger partial charge is 0.227 e. The van der Waals surface area contributed by atoms with E-state index >= 15 is 0 Å². The molecule has 2 aromatic rings. The van der Waals surface area contributed by atoms with Crippen molar-refractivity contribution in [1.82, 2.24) is 15.1 Å². The molecule has 5 heteroatoms. The monoisotopic (exact) mass is 270 g/mol. The van der Waals surface area contributed by atoms with Crippen molar-refractivity contribution in [2.75, 3.05) is 6.54 Å². The van der Waals surface area contributed by atoms with Crippen LogP contribution in [0.3, 0.4) is 0 Å². The van der Waals surface area contributed by atoms with E-state index in [1.54, 1.807) is 10.9 Å². The van der Waals surface area contributed by atoms with E-state index in [0.29, 0.717) is 13.1 Å². The highest BCUT2D eigenvalue weighted by atomic mass is 16.2. The predicted octanol–water partition coefficient (Wildman–Crippen LogP) is 1.23. The molecule has 3 N–H and O–H groups in total. The van der Waals surface area contributed by atoms with Crippen LogP contribution in [0.5, 0.6) is 0 Å². The van der Waals surface area contributed by atoms with Crippen LogP contribution in [0.2, 0.25) is 0 Å². The molecule has 1 fully saturated rings. The van der Waals surface area contributed by atoms with Crippen molar-refractivity contribution in [1.29, 1.82) is 0 Å². The SMILES string of the molecule is NCC1(C(=O)NCc2cnn(-c3ccccc3)c2)CC1. The summed E-state index contributed by atoms with van der Waals surface area (Å²) in [6.07, 6.45) is 5.50. The summed E-state index contributed by atoms with van der Waals surface area (Å²) in [5, 5.41) is 7.25. The molecule has 0 bridgehead atoms. The molecule has 1 aromatic heterocycles. The Morgan fingerprint density at radius 2 is 2.10 bits per heavy atom. The molecular weight excluding hydrogens is 252 g/mol. The van der Waals surface area contributed by atoms with Gasteiger partial charge >= 0.3 is 0 Å². The molecule has 104 valence electrons. The highest BCUT2D eigenvalue weighted by molar-refractivity contribution is 5.85. The molecule has 20 heavy (non-hydrogen) atoms. The lowest BCUT2D eigenvalue weighted by Gasteiger charge is -2.11. The van der Waals surface area contributed by atoms with Crippen molar-refractivity contribution >= 4 is 5.91 Å². The fourth-order valence-electron chi connectivity index (χ4n) is 2.22. The van der Waals surface area contributed by atoms with E-state index in [0.717, 1.165) is 24.1 Å². The van der Waals surface area contributed by atoms with Gasteiger partial charge in [-0.05, 0) is 25.0 Å². The van der Waals surface area contributed by atoms with E-state index in [1.807, 2.05) is 36.5 Å². The highest BCUT2D eigenvalue weighted by Gasteiger charge is 2.48. The van der Waals surface area contributed by atoms with Gasteiger partial charge in [0, 0.05) is 24.8 Å². The Bertz CT molecular complexity index is 601. The van der Waals surface area contributed by atoms with E-state index in [4.69, 9.17) is 5.73 Å². The molecule has 0 spiro atoms. The third-order valence-corrected chi connectivity index (χ3v) is 3.84. The summed E-state index contributed by atoms with van der Waals surface area (Å²) in [6.45, 7) is 0.926. The van der Waals surface area contributed by atoms with E-state index < -0.39 is 0 Å². The summed E-state index contributed by atoms with van der Waals surface area (Å²) >= 11 is 0. The number of aromatic nitrogens is 2. The van der Waals surface area contributed by atoms with Gasteiger partial charge in [-0.1, -0.05) is 18.2 Å². The molecule has 1 aromatic carbocycles. The average molecular weight is 270 g/mol. The van der Waals surface area contributed by atoms with Gasteiger partial charge < -0.3 is 11.1 Å². The Morgan fingerprint density at radius 3 is 2.75 bits per heavy atom. The molecule has 0 saturated heterocycles. The number of amides is 1. The molecule has 3 rings (SSSR count). The summed E-state index contributed by atoms with van der Waals surface area (Å²) in [4.78, 5) is 12.0. The number of para-hydroxylation sites is 1. The van der Waals surface area contributed by atoms with Crippen LogP contribution in [-0.2, 0) is 11.3 Å². The van der Waals surface area contributed by atoms with Gasteiger partial charge in [-0.3, -0.25) is 4.79 Å². The van der Waals surface area contributed by atoms with Crippen LogP contribution in [0.15, 0.2) is 42.7 Å². The fourth-order valence-corrected chi connectivity index (χ4v) is 2.22. The van der Waals surface area contributed by atoms with Gasteiger partial charge in [-0.25, -0.2) is 4.68 Å².